The van der Waals surface area contributed by atoms with Gasteiger partial charge in [-0.3, -0.25) is 24.1 Å². The van der Waals surface area contributed by atoms with E-state index in [1.54, 1.807) is 0 Å². The second-order valence-corrected chi connectivity index (χ2v) is 6.43. The molecule has 0 bridgehead atoms. The van der Waals surface area contributed by atoms with Gasteiger partial charge < -0.3 is 46.2 Å². The van der Waals surface area contributed by atoms with Crippen LogP contribution in [0.1, 0.15) is 0 Å². The standard InChI is InChI=1S/C16H30N4O10/c21-9-11(23)3-18-13(25)6-20(5-12(24)10-22)14(26)7-19(8-16(29)30)2-1-17-4-15(27)28/h11-12,17,21-24H,1-10H2,(H,18,25)(H,27,28)(H,29,30). The maximum atomic E-state index is 12.6. The third-order valence-electron chi connectivity index (χ3n) is 3.67. The second kappa shape index (κ2) is 15.5. The quantitative estimate of drug-likeness (QED) is 0.0998. The highest BCUT2D eigenvalue weighted by molar-refractivity contribution is 5.86. The number of aliphatic hydroxyl groups is 4. The van der Waals surface area contributed by atoms with Crippen molar-refractivity contribution in [1.29, 1.82) is 0 Å². The van der Waals surface area contributed by atoms with Crippen LogP contribution in [-0.2, 0) is 19.2 Å². The summed E-state index contributed by atoms with van der Waals surface area (Å²) in [5.41, 5.74) is 0. The molecule has 0 aliphatic heterocycles. The SMILES string of the molecule is O=C(O)CNCCN(CC(=O)O)CC(=O)N(CC(=O)NCC(O)CO)CC(O)CO. The molecule has 0 rings (SSSR count). The molecule has 0 saturated carbocycles. The number of aliphatic hydroxyl groups excluding tert-OH is 4. The van der Waals surface area contributed by atoms with Gasteiger partial charge in [-0.25, -0.2) is 0 Å². The molecule has 0 aliphatic carbocycles. The molecule has 14 nitrogen and oxygen atoms in total. The van der Waals surface area contributed by atoms with Crippen molar-refractivity contribution in [1.82, 2.24) is 20.4 Å². The van der Waals surface area contributed by atoms with Crippen molar-refractivity contribution in [3.05, 3.63) is 0 Å². The highest BCUT2D eigenvalue weighted by atomic mass is 16.4. The van der Waals surface area contributed by atoms with Crippen LogP contribution in [0.5, 0.6) is 0 Å². The second-order valence-electron chi connectivity index (χ2n) is 6.43. The highest BCUT2D eigenvalue weighted by Gasteiger charge is 2.23. The molecule has 2 amide bonds. The smallest absolute Gasteiger partial charge is 0.317 e. The Morgan fingerprint density at radius 1 is 0.867 bits per heavy atom. The van der Waals surface area contributed by atoms with Crippen LogP contribution < -0.4 is 10.6 Å². The largest absolute Gasteiger partial charge is 0.480 e. The van der Waals surface area contributed by atoms with Crippen molar-refractivity contribution in [2.24, 2.45) is 0 Å². The Morgan fingerprint density at radius 3 is 2.03 bits per heavy atom. The topological polar surface area (TPSA) is 220 Å². The molecule has 0 fully saturated rings. The van der Waals surface area contributed by atoms with Crippen molar-refractivity contribution in [3.8, 4) is 0 Å². The minimum Gasteiger partial charge on any atom is -0.480 e. The van der Waals surface area contributed by atoms with E-state index in [0.29, 0.717) is 0 Å². The molecule has 174 valence electrons. The number of carbonyl (C=O) groups excluding carboxylic acids is 2. The number of nitrogens with one attached hydrogen (secondary N) is 2. The summed E-state index contributed by atoms with van der Waals surface area (Å²) >= 11 is 0. The number of rotatable bonds is 17. The van der Waals surface area contributed by atoms with Gasteiger partial charge in [-0.2, -0.15) is 0 Å². The van der Waals surface area contributed by atoms with Gasteiger partial charge in [-0.05, 0) is 0 Å². The minimum absolute atomic E-state index is 0.0244. The number of amides is 2. The lowest BCUT2D eigenvalue weighted by molar-refractivity contribution is -0.142. The fraction of sp³-hybridized carbons (Fsp3) is 0.750. The maximum absolute atomic E-state index is 12.6. The zero-order valence-electron chi connectivity index (χ0n) is 16.4. The van der Waals surface area contributed by atoms with Crippen molar-refractivity contribution < 1.29 is 49.8 Å². The molecule has 0 aromatic rings. The Hall–Kier alpha value is -2.36. The molecule has 8 N–H and O–H groups in total. The number of aliphatic carboxylic acids is 2. The third-order valence-corrected chi connectivity index (χ3v) is 3.67. The van der Waals surface area contributed by atoms with Gasteiger partial charge in [0.25, 0.3) is 0 Å². The van der Waals surface area contributed by atoms with Crippen molar-refractivity contribution >= 4 is 23.8 Å². The first-order valence-electron chi connectivity index (χ1n) is 9.08. The third kappa shape index (κ3) is 13.8. The molecule has 30 heavy (non-hydrogen) atoms. The molecule has 0 heterocycles. The Balaban J connectivity index is 4.97. The molecule has 0 radical (unpaired) electrons. The summed E-state index contributed by atoms with van der Waals surface area (Å²) in [6.45, 7) is -3.64. The van der Waals surface area contributed by atoms with E-state index in [1.165, 1.54) is 4.90 Å². The first-order chi connectivity index (χ1) is 14.1. The van der Waals surface area contributed by atoms with Gasteiger partial charge in [0.05, 0.1) is 51.6 Å². The van der Waals surface area contributed by atoms with Gasteiger partial charge in [0.15, 0.2) is 0 Å². The first-order valence-corrected chi connectivity index (χ1v) is 9.08. The molecule has 0 aliphatic rings. The Morgan fingerprint density at radius 2 is 1.50 bits per heavy atom. The molecule has 0 spiro atoms. The lowest BCUT2D eigenvalue weighted by atomic mass is 10.3. The van der Waals surface area contributed by atoms with Crippen LogP contribution in [-0.4, -0.2) is 142 Å². The molecule has 0 aromatic heterocycles. The van der Waals surface area contributed by atoms with Gasteiger partial charge in [-0.15, -0.1) is 0 Å². The number of hydrogen-bond donors (Lipinski definition) is 8. The van der Waals surface area contributed by atoms with Crippen LogP contribution in [0.3, 0.4) is 0 Å². The first kappa shape index (κ1) is 27.6. The average Bonchev–Trinajstić information content (AvgIpc) is 2.67. The monoisotopic (exact) mass is 438 g/mol. The van der Waals surface area contributed by atoms with E-state index in [1.807, 2.05) is 0 Å². The molecule has 2 unspecified atom stereocenters. The highest BCUT2D eigenvalue weighted by Crippen LogP contribution is 1.99. The van der Waals surface area contributed by atoms with E-state index in [0.717, 1.165) is 4.90 Å². The van der Waals surface area contributed by atoms with Crippen LogP contribution in [0, 0.1) is 0 Å². The van der Waals surface area contributed by atoms with E-state index < -0.39 is 75.4 Å². The van der Waals surface area contributed by atoms with E-state index >= 15 is 0 Å². The summed E-state index contributed by atoms with van der Waals surface area (Å²) in [5, 5.41) is 59.0. The van der Waals surface area contributed by atoms with E-state index in [2.05, 4.69) is 10.6 Å². The Bertz CT molecular complexity index is 562. The molecule has 14 heteroatoms. The molecular formula is C16H30N4O10. The van der Waals surface area contributed by atoms with Crippen LogP contribution >= 0.6 is 0 Å². The summed E-state index contributed by atoms with van der Waals surface area (Å²) in [5.74, 6) is -3.73. The Kier molecular flexibility index (Phi) is 14.3. The lowest BCUT2D eigenvalue weighted by Crippen LogP contribution is -2.50. The van der Waals surface area contributed by atoms with Gasteiger partial charge in [0, 0.05) is 26.2 Å². The van der Waals surface area contributed by atoms with E-state index in [4.69, 9.17) is 20.4 Å². The summed E-state index contributed by atoms with van der Waals surface area (Å²) in [6.07, 6.45) is -2.53. The maximum Gasteiger partial charge on any atom is 0.317 e. The zero-order valence-corrected chi connectivity index (χ0v) is 16.4. The van der Waals surface area contributed by atoms with Gasteiger partial charge in [-0.1, -0.05) is 0 Å². The average molecular weight is 438 g/mol. The normalized spacial score (nSPS) is 13.0. The lowest BCUT2D eigenvalue weighted by Gasteiger charge is -2.27. The Labute approximate surface area is 172 Å². The molecule has 0 saturated heterocycles. The summed E-state index contributed by atoms with van der Waals surface area (Å²) < 4.78 is 0. The number of carboxylic acids is 2. The number of carbonyl (C=O) groups is 4. The summed E-state index contributed by atoms with van der Waals surface area (Å²) in [4.78, 5) is 48.2. The molecule has 0 aromatic carbocycles. The van der Waals surface area contributed by atoms with E-state index in [-0.39, 0.29) is 26.2 Å². The van der Waals surface area contributed by atoms with Crippen LogP contribution in [0.25, 0.3) is 0 Å². The summed E-state index contributed by atoms with van der Waals surface area (Å²) in [7, 11) is 0. The van der Waals surface area contributed by atoms with Crippen LogP contribution in [0.2, 0.25) is 0 Å². The fourth-order valence-electron chi connectivity index (χ4n) is 2.22. The van der Waals surface area contributed by atoms with Gasteiger partial charge >= 0.3 is 11.9 Å². The van der Waals surface area contributed by atoms with Crippen LogP contribution in [0.4, 0.5) is 0 Å². The predicted molar refractivity (Wildman–Crippen MR) is 100 cm³/mol. The number of carboxylic acid groups (broad SMARTS) is 2. The minimum atomic E-state index is -1.34. The number of nitrogens with zero attached hydrogens (tertiary/aromatic N) is 2. The zero-order chi connectivity index (χ0) is 23.1. The van der Waals surface area contributed by atoms with E-state index in [9.17, 15) is 29.4 Å². The molecular weight excluding hydrogens is 408 g/mol. The van der Waals surface area contributed by atoms with Crippen molar-refractivity contribution in [3.63, 3.8) is 0 Å². The van der Waals surface area contributed by atoms with Crippen molar-refractivity contribution in [2.45, 2.75) is 12.2 Å². The molecule has 2 atom stereocenters. The van der Waals surface area contributed by atoms with Crippen molar-refractivity contribution in [2.75, 3.05) is 65.6 Å². The van der Waals surface area contributed by atoms with Gasteiger partial charge in [0.1, 0.15) is 0 Å². The fourth-order valence-corrected chi connectivity index (χ4v) is 2.22. The predicted octanol–water partition coefficient (Wildman–Crippen LogP) is -5.30. The number of hydrogen-bond acceptors (Lipinski definition) is 10. The van der Waals surface area contributed by atoms with Crippen LogP contribution in [0.15, 0.2) is 0 Å². The van der Waals surface area contributed by atoms with Gasteiger partial charge in [0.2, 0.25) is 11.8 Å². The summed E-state index contributed by atoms with van der Waals surface area (Å²) in [6, 6.07) is 0.